The minimum Gasteiger partial charge on any atom is -0.496 e. The zero-order valence-corrected chi connectivity index (χ0v) is 29.8. The van der Waals surface area contributed by atoms with Gasteiger partial charge in [-0.05, 0) is 68.3 Å². The average molecular weight is 667 g/mol. The third-order valence-corrected chi connectivity index (χ3v) is 16.2. The molecular weight excluding hydrogens is 621 g/mol. The molecule has 1 spiro atoms. The molecule has 4 heterocycles. The van der Waals surface area contributed by atoms with E-state index in [1.807, 2.05) is 36.1 Å². The first-order valence-electron chi connectivity index (χ1n) is 16.3. The quantitative estimate of drug-likeness (QED) is 0.161. The first kappa shape index (κ1) is 33.1. The predicted octanol–water partition coefficient (Wildman–Crippen LogP) is 7.60. The molecule has 1 saturated heterocycles. The molecule has 2 fully saturated rings. The van der Waals surface area contributed by atoms with Crippen LogP contribution in [0.25, 0.3) is 10.8 Å². The normalized spacial score (nSPS) is 23.0. The number of benzene rings is 1. The molecule has 11 heteroatoms. The van der Waals surface area contributed by atoms with Gasteiger partial charge in [0.1, 0.15) is 28.5 Å². The topological polar surface area (TPSA) is 100 Å². The molecule has 2 aromatic heterocycles. The van der Waals surface area contributed by atoms with Crippen LogP contribution in [0, 0.1) is 18.3 Å². The summed E-state index contributed by atoms with van der Waals surface area (Å²) in [6.45, 7) is 15.2. The number of carbonyl (C=O) groups is 2. The number of fused-ring (bicyclic) bond motifs is 1. The molecule has 46 heavy (non-hydrogen) atoms. The number of aromatic nitrogens is 1. The smallest absolute Gasteiger partial charge is 0.241 e. The van der Waals surface area contributed by atoms with Crippen LogP contribution in [0.5, 0.6) is 5.75 Å². The second-order valence-electron chi connectivity index (χ2n) is 14.4. The van der Waals surface area contributed by atoms with Crippen LogP contribution in [0.4, 0.5) is 5.00 Å². The highest BCUT2D eigenvalue weighted by molar-refractivity contribution is 7.20. The lowest BCUT2D eigenvalue weighted by Gasteiger charge is -2.51. The minimum atomic E-state index is -1.98. The first-order valence-corrected chi connectivity index (χ1v) is 20.0. The molecular formula is C35H46N2O7SSi. The van der Waals surface area contributed by atoms with Gasteiger partial charge in [-0.2, -0.15) is 0 Å². The van der Waals surface area contributed by atoms with E-state index in [9.17, 15) is 9.59 Å². The number of ether oxygens (including phenoxy) is 3. The fourth-order valence-electron chi connectivity index (χ4n) is 6.65. The predicted molar refractivity (Wildman–Crippen MR) is 180 cm³/mol. The second kappa shape index (κ2) is 12.6. The summed E-state index contributed by atoms with van der Waals surface area (Å²) in [5.41, 5.74) is 1.13. The van der Waals surface area contributed by atoms with Crippen LogP contribution in [0.2, 0.25) is 18.1 Å². The Hall–Kier alpha value is -2.83. The maximum absolute atomic E-state index is 14.8. The van der Waals surface area contributed by atoms with Crippen molar-refractivity contribution in [3.8, 4) is 16.5 Å². The van der Waals surface area contributed by atoms with E-state index in [-0.39, 0.29) is 35.3 Å². The lowest BCUT2D eigenvalue weighted by atomic mass is 9.57. The molecule has 0 N–H and O–H groups in total. The highest BCUT2D eigenvalue weighted by Crippen LogP contribution is 2.57. The van der Waals surface area contributed by atoms with Crippen LogP contribution in [-0.4, -0.2) is 64.6 Å². The van der Waals surface area contributed by atoms with Gasteiger partial charge in [0.15, 0.2) is 14.1 Å². The van der Waals surface area contributed by atoms with Gasteiger partial charge in [0.2, 0.25) is 11.8 Å². The molecule has 0 bridgehead atoms. The van der Waals surface area contributed by atoms with Crippen molar-refractivity contribution >= 4 is 36.3 Å². The van der Waals surface area contributed by atoms with E-state index in [1.54, 1.807) is 13.3 Å². The number of rotatable bonds is 10. The Bertz CT molecular complexity index is 1570. The summed E-state index contributed by atoms with van der Waals surface area (Å²) in [6.07, 6.45) is 5.11. The molecule has 3 aliphatic rings. The lowest BCUT2D eigenvalue weighted by molar-refractivity contribution is -0.134. The van der Waals surface area contributed by atoms with Crippen LogP contribution in [-0.2, 0) is 18.7 Å². The van der Waals surface area contributed by atoms with E-state index in [0.717, 1.165) is 28.8 Å². The monoisotopic (exact) mass is 666 g/mol. The molecule has 1 saturated carbocycles. The zero-order chi connectivity index (χ0) is 32.9. The number of methoxy groups -OCH3 is 1. The molecule has 2 aliphatic heterocycles. The van der Waals surface area contributed by atoms with E-state index in [1.165, 1.54) is 17.6 Å². The van der Waals surface area contributed by atoms with Crippen LogP contribution in [0.15, 0.2) is 41.1 Å². The molecule has 1 aromatic carbocycles. The maximum Gasteiger partial charge on any atom is 0.241 e. The van der Waals surface area contributed by atoms with Gasteiger partial charge in [0.05, 0.1) is 36.4 Å². The number of oxazole rings is 1. The van der Waals surface area contributed by atoms with Crippen molar-refractivity contribution in [1.82, 2.24) is 4.98 Å². The highest BCUT2D eigenvalue weighted by atomic mass is 32.1. The Morgan fingerprint density at radius 2 is 1.87 bits per heavy atom. The Balaban J connectivity index is 1.36. The summed E-state index contributed by atoms with van der Waals surface area (Å²) >= 11 is 1.38. The van der Waals surface area contributed by atoms with Gasteiger partial charge in [-0.25, -0.2) is 4.98 Å². The third-order valence-electron chi connectivity index (χ3n) is 10.4. The Morgan fingerprint density at radius 1 is 1.15 bits per heavy atom. The number of anilines is 1. The summed E-state index contributed by atoms with van der Waals surface area (Å²) in [5, 5.41) is 0.710. The van der Waals surface area contributed by atoms with Crippen LogP contribution in [0.1, 0.15) is 74.0 Å². The minimum absolute atomic E-state index is 0.0212. The number of para-hydroxylation sites is 1. The number of ketones is 1. The number of nitrogens with zero attached hydrogens (tertiary/aromatic N) is 2. The van der Waals surface area contributed by atoms with Crippen LogP contribution < -0.4 is 9.64 Å². The largest absolute Gasteiger partial charge is 0.496 e. The first-order chi connectivity index (χ1) is 21.9. The highest BCUT2D eigenvalue weighted by Gasteiger charge is 2.61. The maximum atomic E-state index is 14.8. The average Bonchev–Trinajstić information content (AvgIpc) is 3.66. The van der Waals surface area contributed by atoms with E-state index < -0.39 is 19.8 Å². The number of hydrogen-bond donors (Lipinski definition) is 0. The number of thiophene rings is 1. The summed E-state index contributed by atoms with van der Waals surface area (Å²) in [6, 6.07) is 7.80. The van der Waals surface area contributed by atoms with Crippen molar-refractivity contribution in [1.29, 1.82) is 0 Å². The van der Waals surface area contributed by atoms with Gasteiger partial charge >= 0.3 is 0 Å². The fraction of sp³-hybridized carbons (Fsp3) is 0.571. The molecule has 6 rings (SSSR count). The van der Waals surface area contributed by atoms with Gasteiger partial charge in [-0.1, -0.05) is 39.0 Å². The van der Waals surface area contributed by atoms with Gasteiger partial charge in [-0.3, -0.25) is 14.5 Å². The molecule has 248 valence electrons. The standard InChI is InChI=1S/C35H46N2O7SSi/c1-22-28-30(38)35(18-23(19-35)21-43-46(6,7)34(2,3)4)33(39)37(32(28)45-29(22)31-36-14-17-42-31)20-27(44-24-12-15-41-16-13-24)25-10-8-9-11-26(25)40-5/h8-11,14,17,23-24,27H,12-13,15-16,18-21H2,1-7H3. The summed E-state index contributed by atoms with van der Waals surface area (Å²) in [4.78, 5) is 36.2. The van der Waals surface area contributed by atoms with Gasteiger partial charge in [0.25, 0.3) is 0 Å². The van der Waals surface area contributed by atoms with Crippen LogP contribution in [0.3, 0.4) is 0 Å². The van der Waals surface area contributed by atoms with Gasteiger partial charge in [0, 0.05) is 25.4 Å². The van der Waals surface area contributed by atoms with Gasteiger partial charge < -0.3 is 23.1 Å². The Labute approximate surface area is 276 Å². The Kier molecular flexibility index (Phi) is 9.10. The van der Waals surface area contributed by atoms with E-state index in [2.05, 4.69) is 38.8 Å². The van der Waals surface area contributed by atoms with Crippen molar-refractivity contribution in [2.75, 3.05) is 38.4 Å². The second-order valence-corrected chi connectivity index (χ2v) is 20.2. The zero-order valence-electron chi connectivity index (χ0n) is 28.0. The van der Waals surface area contributed by atoms with Crippen LogP contribution >= 0.6 is 11.3 Å². The molecule has 1 unspecified atom stereocenters. The van der Waals surface area contributed by atoms with E-state index in [4.69, 9.17) is 23.1 Å². The number of hydrogen-bond acceptors (Lipinski definition) is 9. The van der Waals surface area contributed by atoms with E-state index in [0.29, 0.717) is 54.9 Å². The fourth-order valence-corrected chi connectivity index (χ4v) is 8.99. The van der Waals surface area contributed by atoms with Gasteiger partial charge in [-0.15, -0.1) is 11.3 Å². The lowest BCUT2D eigenvalue weighted by Crippen LogP contribution is -2.60. The molecule has 0 radical (unpaired) electrons. The number of amides is 1. The molecule has 1 amide bonds. The summed E-state index contributed by atoms with van der Waals surface area (Å²) in [5.74, 6) is 1.02. The Morgan fingerprint density at radius 3 is 2.52 bits per heavy atom. The molecule has 1 aliphatic carbocycles. The van der Waals surface area contributed by atoms with Crippen molar-refractivity contribution in [2.24, 2.45) is 11.3 Å². The summed E-state index contributed by atoms with van der Waals surface area (Å²) in [7, 11) is -0.329. The summed E-state index contributed by atoms with van der Waals surface area (Å²) < 4.78 is 30.4. The molecule has 3 aromatic rings. The number of carbonyl (C=O) groups excluding carboxylic acids is 2. The SMILES string of the molecule is COc1ccccc1C(CN1C(=O)C2(CC(CO[Si](C)(C)C(C)(C)C)C2)C(=O)c2c1sc(-c1ncco1)c2C)OC1CCOCC1. The van der Waals surface area contributed by atoms with E-state index >= 15 is 0 Å². The van der Waals surface area contributed by atoms with Crippen molar-refractivity contribution in [3.63, 3.8) is 0 Å². The van der Waals surface area contributed by atoms with Crippen molar-refractivity contribution < 1.29 is 32.6 Å². The third kappa shape index (κ3) is 5.89. The molecule has 9 nitrogen and oxygen atoms in total. The number of Topliss-reactive ketones (excluding diaryl/α,β-unsaturated/α-hetero) is 1. The van der Waals surface area contributed by atoms with Crippen molar-refractivity contribution in [3.05, 3.63) is 53.4 Å². The van der Waals surface area contributed by atoms with Crippen molar-refractivity contribution in [2.45, 2.75) is 83.7 Å². The molecule has 1 atom stereocenters.